The van der Waals surface area contributed by atoms with Crippen LogP contribution in [0.1, 0.15) is 12.8 Å². The molecule has 10 heteroatoms. The first-order valence-electron chi connectivity index (χ1n) is 9.05. The topological polar surface area (TPSA) is 114 Å². The number of hydrogen-bond donors (Lipinski definition) is 2. The van der Waals surface area contributed by atoms with Crippen molar-refractivity contribution in [3.63, 3.8) is 0 Å². The largest absolute Gasteiger partial charge is 0.382 e. The molecule has 0 unspecified atom stereocenters. The van der Waals surface area contributed by atoms with Crippen molar-refractivity contribution in [1.82, 2.24) is 10.6 Å². The van der Waals surface area contributed by atoms with E-state index in [0.29, 0.717) is 59.3 Å². The fraction of sp³-hybridized carbons (Fsp3) is 0.882. The smallest absolute Gasteiger partial charge is 0.247 e. The maximum atomic E-state index is 11.5. The Morgan fingerprint density at radius 2 is 1.19 bits per heavy atom. The second-order valence-electron chi connectivity index (χ2n) is 5.36. The summed E-state index contributed by atoms with van der Waals surface area (Å²) >= 11 is 0. The summed E-state index contributed by atoms with van der Waals surface area (Å²) in [6.07, 6.45) is 1.43. The van der Waals surface area contributed by atoms with E-state index in [1.54, 1.807) is 14.2 Å². The lowest BCUT2D eigenvalue weighted by molar-refractivity contribution is -0.127. The number of rotatable bonds is 20. The van der Waals surface area contributed by atoms with E-state index in [1.807, 2.05) is 0 Å². The minimum atomic E-state index is -0.222. The molecule has 0 rings (SSSR count). The zero-order valence-corrected chi connectivity index (χ0v) is 16.5. The summed E-state index contributed by atoms with van der Waals surface area (Å²) in [5, 5.41) is 5.06. The van der Waals surface area contributed by atoms with Crippen molar-refractivity contribution in [2.45, 2.75) is 12.8 Å². The molecule has 2 N–H and O–H groups in total. The SMILES string of the molecule is CNC(=O)COCCOCCCOCNC(=O)COCCCOCCOC. The Morgan fingerprint density at radius 1 is 0.667 bits per heavy atom. The molecule has 0 aromatic carbocycles. The molecule has 0 atom stereocenters. The van der Waals surface area contributed by atoms with E-state index < -0.39 is 0 Å². The van der Waals surface area contributed by atoms with Gasteiger partial charge in [0.15, 0.2) is 0 Å². The Morgan fingerprint density at radius 3 is 1.85 bits per heavy atom. The second kappa shape index (κ2) is 21.0. The van der Waals surface area contributed by atoms with Crippen LogP contribution < -0.4 is 10.6 Å². The van der Waals surface area contributed by atoms with Gasteiger partial charge in [-0.25, -0.2) is 0 Å². The molecular weight excluding hydrogens is 360 g/mol. The standard InChI is InChI=1S/C17H34N2O8/c1-18-16(20)13-26-12-11-24-6-4-8-27-15-19-17(21)14-25-7-3-5-23-10-9-22-2/h3-15H2,1-2H3,(H,18,20)(H,19,21). The monoisotopic (exact) mass is 394 g/mol. The van der Waals surface area contributed by atoms with Crippen LogP contribution in [0.3, 0.4) is 0 Å². The number of carbonyl (C=O) groups is 2. The van der Waals surface area contributed by atoms with Crippen LogP contribution in [0, 0.1) is 0 Å². The first kappa shape index (κ1) is 25.7. The fourth-order valence-corrected chi connectivity index (χ4v) is 1.65. The van der Waals surface area contributed by atoms with Crippen LogP contribution in [0.15, 0.2) is 0 Å². The van der Waals surface area contributed by atoms with Gasteiger partial charge in [-0.1, -0.05) is 0 Å². The highest BCUT2D eigenvalue weighted by atomic mass is 16.5. The van der Waals surface area contributed by atoms with E-state index >= 15 is 0 Å². The molecule has 0 aromatic heterocycles. The van der Waals surface area contributed by atoms with E-state index in [-0.39, 0.29) is 31.8 Å². The Hall–Kier alpha value is -1.30. The van der Waals surface area contributed by atoms with Crippen LogP contribution in [-0.4, -0.2) is 98.8 Å². The third-order valence-electron chi connectivity index (χ3n) is 3.08. The molecule has 0 aliphatic heterocycles. The van der Waals surface area contributed by atoms with E-state index in [9.17, 15) is 9.59 Å². The van der Waals surface area contributed by atoms with E-state index in [1.165, 1.54) is 0 Å². The van der Waals surface area contributed by atoms with Gasteiger partial charge in [-0.05, 0) is 12.8 Å². The summed E-state index contributed by atoms with van der Waals surface area (Å²) in [7, 11) is 3.18. The van der Waals surface area contributed by atoms with E-state index in [4.69, 9.17) is 28.4 Å². The van der Waals surface area contributed by atoms with Crippen LogP contribution in [-0.2, 0) is 38.0 Å². The van der Waals surface area contributed by atoms with Gasteiger partial charge < -0.3 is 39.1 Å². The molecule has 0 heterocycles. The maximum absolute atomic E-state index is 11.5. The van der Waals surface area contributed by atoms with Crippen molar-refractivity contribution in [2.75, 3.05) is 87.0 Å². The summed E-state index contributed by atoms with van der Waals surface area (Å²) in [6, 6.07) is 0. The summed E-state index contributed by atoms with van der Waals surface area (Å²) in [5.41, 5.74) is 0. The zero-order valence-electron chi connectivity index (χ0n) is 16.5. The highest BCUT2D eigenvalue weighted by Gasteiger charge is 2.01. The predicted molar refractivity (Wildman–Crippen MR) is 97.4 cm³/mol. The summed E-state index contributed by atoms with van der Waals surface area (Å²) < 4.78 is 31.0. The Kier molecular flexibility index (Phi) is 20.0. The van der Waals surface area contributed by atoms with Gasteiger partial charge in [0.05, 0.1) is 33.0 Å². The van der Waals surface area contributed by atoms with Crippen molar-refractivity contribution in [3.05, 3.63) is 0 Å². The van der Waals surface area contributed by atoms with Crippen molar-refractivity contribution < 1.29 is 38.0 Å². The first-order chi connectivity index (χ1) is 13.2. The average molecular weight is 394 g/mol. The number of nitrogens with one attached hydrogen (secondary N) is 2. The van der Waals surface area contributed by atoms with Crippen molar-refractivity contribution in [1.29, 1.82) is 0 Å². The number of amides is 2. The minimum absolute atomic E-state index is 0.000592. The van der Waals surface area contributed by atoms with E-state index in [2.05, 4.69) is 10.6 Å². The summed E-state index contributed by atoms with van der Waals surface area (Å²) in [5.74, 6) is -0.386. The zero-order chi connectivity index (χ0) is 20.0. The first-order valence-corrected chi connectivity index (χ1v) is 9.05. The highest BCUT2D eigenvalue weighted by Crippen LogP contribution is 1.88. The van der Waals surface area contributed by atoms with Crippen LogP contribution in [0.25, 0.3) is 0 Å². The van der Waals surface area contributed by atoms with Crippen LogP contribution in [0.2, 0.25) is 0 Å². The molecule has 10 nitrogen and oxygen atoms in total. The van der Waals surface area contributed by atoms with Crippen LogP contribution >= 0.6 is 0 Å². The van der Waals surface area contributed by atoms with Gasteiger partial charge in [-0.2, -0.15) is 0 Å². The van der Waals surface area contributed by atoms with Crippen molar-refractivity contribution in [3.8, 4) is 0 Å². The quantitative estimate of drug-likeness (QED) is 0.206. The predicted octanol–water partition coefficient (Wildman–Crippen LogP) is -0.684. The van der Waals surface area contributed by atoms with Gasteiger partial charge in [-0.3, -0.25) is 9.59 Å². The normalized spacial score (nSPS) is 10.7. The highest BCUT2D eigenvalue weighted by molar-refractivity contribution is 5.77. The van der Waals surface area contributed by atoms with Crippen LogP contribution in [0.5, 0.6) is 0 Å². The third kappa shape index (κ3) is 20.9. The number of carbonyl (C=O) groups excluding carboxylic acids is 2. The molecule has 0 aliphatic rings. The molecule has 27 heavy (non-hydrogen) atoms. The molecule has 0 aromatic rings. The molecule has 0 spiro atoms. The van der Waals surface area contributed by atoms with Gasteiger partial charge >= 0.3 is 0 Å². The van der Waals surface area contributed by atoms with Gasteiger partial charge in [0, 0.05) is 34.0 Å². The lowest BCUT2D eigenvalue weighted by atomic mass is 10.5. The molecular formula is C17H34N2O8. The Labute approximate surface area is 161 Å². The molecule has 0 radical (unpaired) electrons. The fourth-order valence-electron chi connectivity index (χ4n) is 1.65. The number of likely N-dealkylation sites (N-methyl/N-ethyl adjacent to an activating group) is 1. The Bertz CT molecular complexity index is 358. The number of hydrogen-bond acceptors (Lipinski definition) is 8. The van der Waals surface area contributed by atoms with Crippen molar-refractivity contribution in [2.24, 2.45) is 0 Å². The van der Waals surface area contributed by atoms with Crippen LogP contribution in [0.4, 0.5) is 0 Å². The molecule has 2 amide bonds. The molecule has 0 aliphatic carbocycles. The molecule has 0 saturated heterocycles. The molecule has 160 valence electrons. The van der Waals surface area contributed by atoms with Gasteiger partial charge in [0.25, 0.3) is 0 Å². The Balaban J connectivity index is 3.18. The maximum Gasteiger partial charge on any atom is 0.247 e. The van der Waals surface area contributed by atoms with Gasteiger partial charge in [0.1, 0.15) is 19.9 Å². The van der Waals surface area contributed by atoms with Gasteiger partial charge in [0.2, 0.25) is 11.8 Å². The number of methoxy groups -OCH3 is 1. The average Bonchev–Trinajstić information content (AvgIpc) is 2.67. The number of ether oxygens (including phenoxy) is 6. The molecule has 0 fully saturated rings. The van der Waals surface area contributed by atoms with Crippen molar-refractivity contribution >= 4 is 11.8 Å². The molecule has 0 saturated carbocycles. The summed E-state index contributed by atoms with van der Waals surface area (Å²) in [4.78, 5) is 22.4. The minimum Gasteiger partial charge on any atom is -0.382 e. The lowest BCUT2D eigenvalue weighted by Gasteiger charge is -2.08. The third-order valence-corrected chi connectivity index (χ3v) is 3.08. The van der Waals surface area contributed by atoms with E-state index in [0.717, 1.165) is 6.42 Å². The lowest BCUT2D eigenvalue weighted by Crippen LogP contribution is -2.30. The molecule has 0 bridgehead atoms. The van der Waals surface area contributed by atoms with Gasteiger partial charge in [-0.15, -0.1) is 0 Å². The second-order valence-corrected chi connectivity index (χ2v) is 5.36. The summed E-state index contributed by atoms with van der Waals surface area (Å²) in [6.45, 7) is 4.13.